The second kappa shape index (κ2) is 12.3. The molecule has 1 aromatic rings. The van der Waals surface area contributed by atoms with Crippen molar-refractivity contribution in [3.63, 3.8) is 0 Å². The molecule has 0 saturated carbocycles. The van der Waals surface area contributed by atoms with Crippen LogP contribution in [0.5, 0.6) is 0 Å². The number of hydrogen-bond donors (Lipinski definition) is 0. The zero-order valence-corrected chi connectivity index (χ0v) is 16.8. The molecule has 0 unspecified atom stereocenters. The van der Waals surface area contributed by atoms with Crippen molar-refractivity contribution < 1.29 is 0 Å². The molecule has 0 nitrogen and oxygen atoms in total. The quantitative estimate of drug-likeness (QED) is 0.344. The van der Waals surface area contributed by atoms with E-state index in [-0.39, 0.29) is 0 Å². The van der Waals surface area contributed by atoms with Crippen molar-refractivity contribution in [3.05, 3.63) is 41.5 Å². The predicted octanol–water partition coefficient (Wildman–Crippen LogP) is 7.99. The topological polar surface area (TPSA) is 0 Å². The first kappa shape index (κ1) is 21.0. The van der Waals surface area contributed by atoms with E-state index in [9.17, 15) is 0 Å². The summed E-state index contributed by atoms with van der Waals surface area (Å²) in [5.41, 5.74) is 5.80. The third kappa shape index (κ3) is 7.24. The van der Waals surface area contributed by atoms with Crippen LogP contribution in [0, 0.1) is 5.92 Å². The molecule has 0 aliphatic heterocycles. The van der Waals surface area contributed by atoms with Gasteiger partial charge in [-0.1, -0.05) is 97.4 Å². The average Bonchev–Trinajstić information content (AvgIpc) is 2.57. The maximum atomic E-state index is 4.39. The third-order valence-electron chi connectivity index (χ3n) is 5.14. The number of rotatable bonds is 13. The van der Waals surface area contributed by atoms with Gasteiger partial charge in [0.1, 0.15) is 0 Å². The fourth-order valence-electron chi connectivity index (χ4n) is 3.86. The Morgan fingerprint density at radius 1 is 0.833 bits per heavy atom. The summed E-state index contributed by atoms with van der Waals surface area (Å²) in [7, 11) is 0. The van der Waals surface area contributed by atoms with E-state index in [0.29, 0.717) is 0 Å². The van der Waals surface area contributed by atoms with Gasteiger partial charge in [-0.2, -0.15) is 0 Å². The first-order valence-corrected chi connectivity index (χ1v) is 10.5. The van der Waals surface area contributed by atoms with Crippen LogP contribution in [0.25, 0.3) is 5.57 Å². The summed E-state index contributed by atoms with van der Waals surface area (Å²) in [6, 6.07) is 7.08. The lowest BCUT2D eigenvalue weighted by atomic mass is 9.90. The summed E-state index contributed by atoms with van der Waals surface area (Å²) in [5, 5.41) is 0. The SMILES string of the molecule is C=C(CCCC(CCC)CCC)c1ccc(CCC)c(CCC)c1. The molecule has 1 aromatic carbocycles. The molecule has 0 bridgehead atoms. The Hall–Kier alpha value is -1.04. The third-order valence-corrected chi connectivity index (χ3v) is 5.14. The Labute approximate surface area is 151 Å². The lowest BCUT2D eigenvalue weighted by Gasteiger charge is -2.16. The Morgan fingerprint density at radius 3 is 2.04 bits per heavy atom. The molecule has 24 heavy (non-hydrogen) atoms. The molecule has 0 aromatic heterocycles. The van der Waals surface area contributed by atoms with E-state index < -0.39 is 0 Å². The zero-order chi connectivity index (χ0) is 17.8. The van der Waals surface area contributed by atoms with Crippen molar-refractivity contribution in [2.24, 2.45) is 5.92 Å². The van der Waals surface area contributed by atoms with Gasteiger partial charge in [0.05, 0.1) is 0 Å². The van der Waals surface area contributed by atoms with Crippen LogP contribution in [0.2, 0.25) is 0 Å². The lowest BCUT2D eigenvalue weighted by molar-refractivity contribution is 0.402. The van der Waals surface area contributed by atoms with Crippen LogP contribution in [0.1, 0.15) is 102 Å². The molecule has 0 aliphatic carbocycles. The molecule has 0 heterocycles. The molecule has 1 rings (SSSR count). The Balaban J connectivity index is 2.62. The largest absolute Gasteiger partial charge is 0.0952 e. The first-order valence-electron chi connectivity index (χ1n) is 10.5. The van der Waals surface area contributed by atoms with Gasteiger partial charge in [-0.05, 0) is 53.9 Å². The van der Waals surface area contributed by atoms with Gasteiger partial charge in [0.2, 0.25) is 0 Å². The average molecular weight is 329 g/mol. The Morgan fingerprint density at radius 2 is 1.46 bits per heavy atom. The second-order valence-electron chi connectivity index (χ2n) is 7.42. The van der Waals surface area contributed by atoms with Gasteiger partial charge in [-0.25, -0.2) is 0 Å². The van der Waals surface area contributed by atoms with E-state index in [2.05, 4.69) is 52.5 Å². The fraction of sp³-hybridized carbons (Fsp3) is 0.667. The number of benzene rings is 1. The highest BCUT2D eigenvalue weighted by Crippen LogP contribution is 2.26. The minimum Gasteiger partial charge on any atom is -0.0952 e. The molecule has 0 amide bonds. The molecule has 0 saturated heterocycles. The summed E-state index contributed by atoms with van der Waals surface area (Å²) in [5.74, 6) is 0.926. The Kier molecular flexibility index (Phi) is 10.8. The van der Waals surface area contributed by atoms with Gasteiger partial charge in [0.15, 0.2) is 0 Å². The number of hydrogen-bond acceptors (Lipinski definition) is 0. The Bertz CT molecular complexity index is 463. The van der Waals surface area contributed by atoms with Crippen LogP contribution < -0.4 is 0 Å². The van der Waals surface area contributed by atoms with Crippen molar-refractivity contribution >= 4 is 5.57 Å². The molecule has 0 fully saturated rings. The van der Waals surface area contributed by atoms with E-state index in [1.54, 1.807) is 11.1 Å². The van der Waals surface area contributed by atoms with Crippen LogP contribution in [0.4, 0.5) is 0 Å². The fourth-order valence-corrected chi connectivity index (χ4v) is 3.86. The van der Waals surface area contributed by atoms with Crippen molar-refractivity contribution in [2.75, 3.05) is 0 Å². The van der Waals surface area contributed by atoms with Crippen LogP contribution in [0.15, 0.2) is 24.8 Å². The number of aryl methyl sites for hydroxylation is 2. The van der Waals surface area contributed by atoms with Crippen molar-refractivity contribution in [3.8, 4) is 0 Å². The summed E-state index contributed by atoms with van der Waals surface area (Å²) in [4.78, 5) is 0. The number of allylic oxidation sites excluding steroid dienone is 1. The van der Waals surface area contributed by atoms with E-state index >= 15 is 0 Å². The van der Waals surface area contributed by atoms with Crippen molar-refractivity contribution in [2.45, 2.75) is 98.3 Å². The minimum absolute atomic E-state index is 0.926. The van der Waals surface area contributed by atoms with Crippen LogP contribution in [-0.4, -0.2) is 0 Å². The molecular formula is C24H40. The normalized spacial score (nSPS) is 11.2. The van der Waals surface area contributed by atoms with Gasteiger partial charge >= 0.3 is 0 Å². The predicted molar refractivity (Wildman–Crippen MR) is 111 cm³/mol. The highest BCUT2D eigenvalue weighted by atomic mass is 14.1. The van der Waals surface area contributed by atoms with Crippen molar-refractivity contribution in [1.82, 2.24) is 0 Å². The molecule has 0 aliphatic rings. The van der Waals surface area contributed by atoms with Crippen LogP contribution in [-0.2, 0) is 12.8 Å². The smallest absolute Gasteiger partial charge is 0.0228 e. The zero-order valence-electron chi connectivity index (χ0n) is 16.8. The summed E-state index contributed by atoms with van der Waals surface area (Å²) in [6.07, 6.45) is 14.1. The first-order chi connectivity index (χ1) is 11.7. The highest BCUT2D eigenvalue weighted by molar-refractivity contribution is 5.64. The minimum atomic E-state index is 0.926. The van der Waals surface area contributed by atoms with Gasteiger partial charge in [-0.3, -0.25) is 0 Å². The molecule has 0 N–H and O–H groups in total. The summed E-state index contributed by atoms with van der Waals surface area (Å²) >= 11 is 0. The van der Waals surface area contributed by atoms with E-state index in [0.717, 1.165) is 12.3 Å². The van der Waals surface area contributed by atoms with Gasteiger partial charge in [0, 0.05) is 0 Å². The van der Waals surface area contributed by atoms with E-state index in [4.69, 9.17) is 0 Å². The lowest BCUT2D eigenvalue weighted by Crippen LogP contribution is -2.00. The molecule has 0 spiro atoms. The van der Waals surface area contributed by atoms with Gasteiger partial charge in [0.25, 0.3) is 0 Å². The maximum Gasteiger partial charge on any atom is -0.0228 e. The van der Waals surface area contributed by atoms with E-state index in [1.165, 1.54) is 75.3 Å². The highest BCUT2D eigenvalue weighted by Gasteiger charge is 2.09. The molecule has 136 valence electrons. The molecule has 0 radical (unpaired) electrons. The van der Waals surface area contributed by atoms with Crippen LogP contribution >= 0.6 is 0 Å². The van der Waals surface area contributed by atoms with Gasteiger partial charge < -0.3 is 0 Å². The standard InChI is InChI=1S/C24H40/c1-6-11-21(12-7-2)16-10-15-20(5)23-18-17-22(13-8-3)24(19-23)14-9-4/h17-19,21H,5-16H2,1-4H3. The molecule has 0 atom stereocenters. The molecular weight excluding hydrogens is 288 g/mol. The van der Waals surface area contributed by atoms with Gasteiger partial charge in [-0.15, -0.1) is 0 Å². The second-order valence-corrected chi connectivity index (χ2v) is 7.42. The van der Waals surface area contributed by atoms with E-state index in [1.807, 2.05) is 0 Å². The molecule has 0 heteroatoms. The monoisotopic (exact) mass is 328 g/mol. The van der Waals surface area contributed by atoms with Crippen molar-refractivity contribution in [1.29, 1.82) is 0 Å². The summed E-state index contributed by atoms with van der Waals surface area (Å²) < 4.78 is 0. The maximum absolute atomic E-state index is 4.39. The summed E-state index contributed by atoms with van der Waals surface area (Å²) in [6.45, 7) is 13.6. The van der Waals surface area contributed by atoms with Crippen LogP contribution in [0.3, 0.4) is 0 Å².